The van der Waals surface area contributed by atoms with Gasteiger partial charge in [0.15, 0.2) is 24.8 Å². The number of benzene rings is 4. The number of anilines is 6. The monoisotopic (exact) mass is 696 g/mol. The molecule has 6 rings (SSSR count). The molecule has 0 atom stereocenters. The van der Waals surface area contributed by atoms with Gasteiger partial charge in [0.1, 0.15) is 0 Å². The minimum absolute atomic E-state index is 0.0662. The van der Waals surface area contributed by atoms with E-state index in [1.165, 1.54) is 0 Å². The van der Waals surface area contributed by atoms with E-state index in [9.17, 15) is 9.59 Å². The number of aliphatic carboxylic acids is 2. The molecule has 6 aromatic rings. The van der Waals surface area contributed by atoms with Crippen LogP contribution in [0, 0.1) is 0 Å². The second-order valence-corrected chi connectivity index (χ2v) is 10.8. The van der Waals surface area contributed by atoms with E-state index >= 15 is 0 Å². The van der Waals surface area contributed by atoms with Gasteiger partial charge in [-0.3, -0.25) is 9.59 Å². The highest BCUT2D eigenvalue weighted by Gasteiger charge is 2.12. The van der Waals surface area contributed by atoms with Crippen LogP contribution in [0.5, 0.6) is 0 Å². The average Bonchev–Trinajstić information content (AvgIpc) is 3.15. The minimum Gasteiger partial charge on any atom is -0.543 e. The number of hydrogen-bond acceptors (Lipinski definition) is 8. The Labute approximate surface area is 300 Å². The van der Waals surface area contributed by atoms with Crippen molar-refractivity contribution in [1.29, 1.82) is 0 Å². The van der Waals surface area contributed by atoms with Gasteiger partial charge >= 0.3 is 0 Å². The number of nitrogens with zero attached hydrogens (tertiary/aromatic N) is 2. The summed E-state index contributed by atoms with van der Waals surface area (Å²) in [5.74, 6) is -4.50. The first-order valence-corrected chi connectivity index (χ1v) is 16.0. The molecule has 0 spiro atoms. The summed E-state index contributed by atoms with van der Waals surface area (Å²) in [5.41, 5.74) is 5.21. The van der Waals surface area contributed by atoms with E-state index in [0.717, 1.165) is 34.1 Å². The minimum atomic E-state index is -2.19. The maximum atomic E-state index is 12.2. The van der Waals surface area contributed by atoms with Gasteiger partial charge in [0.25, 0.3) is 11.8 Å². The molecule has 0 saturated heterocycles. The van der Waals surface area contributed by atoms with Crippen molar-refractivity contribution in [3.63, 3.8) is 0 Å². The molecule has 4 N–H and O–H groups in total. The first-order valence-electron chi connectivity index (χ1n) is 16.0. The number of nitrogens with one attached hydrogen (secondary N) is 4. The summed E-state index contributed by atoms with van der Waals surface area (Å²) in [7, 11) is 0. The molecule has 4 aromatic carbocycles. The largest absolute Gasteiger partial charge is 0.543 e. The summed E-state index contributed by atoms with van der Waals surface area (Å²) < 4.78 is 3.67. The molecule has 2 amide bonds. The highest BCUT2D eigenvalue weighted by atomic mass is 16.4. The SMILES string of the molecule is O=C(C[n+]1ccccc1)Nc1ccccc1Nc1ccccc1.O=C(C[n+]1ccccc1)Nc1ccccc1Nc1ccccc1.O=C([O-])C(=O)[O-]. The average molecular weight is 697 g/mol. The Morgan fingerprint density at radius 1 is 0.404 bits per heavy atom. The lowest BCUT2D eigenvalue weighted by molar-refractivity contribution is -0.684. The molecule has 2 heterocycles. The molecule has 0 saturated carbocycles. The van der Waals surface area contributed by atoms with Crippen LogP contribution < -0.4 is 40.6 Å². The molecule has 0 fully saturated rings. The van der Waals surface area contributed by atoms with Crippen LogP contribution in [0.4, 0.5) is 34.1 Å². The van der Waals surface area contributed by atoms with Crippen molar-refractivity contribution in [2.45, 2.75) is 13.1 Å². The number of carboxylic acids is 2. The Morgan fingerprint density at radius 3 is 1.02 bits per heavy atom. The number of aromatic nitrogens is 2. The van der Waals surface area contributed by atoms with E-state index in [1.807, 2.05) is 180 Å². The Morgan fingerprint density at radius 2 is 0.692 bits per heavy atom. The molecule has 0 bridgehead atoms. The van der Waals surface area contributed by atoms with E-state index in [4.69, 9.17) is 19.8 Å². The van der Waals surface area contributed by atoms with Gasteiger partial charge in [-0.15, -0.1) is 0 Å². The zero-order valence-corrected chi connectivity index (χ0v) is 27.9. The quantitative estimate of drug-likeness (QED) is 0.125. The van der Waals surface area contributed by atoms with Crippen molar-refractivity contribution < 1.29 is 38.5 Å². The molecule has 0 aliphatic heterocycles. The normalized spacial score (nSPS) is 9.77. The maximum Gasteiger partial charge on any atom is 0.290 e. The number of carbonyl (C=O) groups excluding carboxylic acids is 4. The maximum absolute atomic E-state index is 12.2. The third-order valence-corrected chi connectivity index (χ3v) is 6.88. The summed E-state index contributed by atoms with van der Waals surface area (Å²) in [4.78, 5) is 42.3. The highest BCUT2D eigenvalue weighted by molar-refractivity contribution is 6.25. The van der Waals surface area contributed by atoms with E-state index in [-0.39, 0.29) is 24.9 Å². The molecule has 12 heteroatoms. The third-order valence-electron chi connectivity index (χ3n) is 6.88. The predicted octanol–water partition coefficient (Wildman–Crippen LogP) is 3.20. The van der Waals surface area contributed by atoms with Gasteiger partial charge in [-0.2, -0.15) is 9.13 Å². The number of carboxylic acid groups (broad SMARTS) is 2. The van der Waals surface area contributed by atoms with Crippen molar-refractivity contribution in [3.05, 3.63) is 170 Å². The fraction of sp³-hybridized carbons (Fsp3) is 0.0500. The molecule has 12 nitrogen and oxygen atoms in total. The highest BCUT2D eigenvalue weighted by Crippen LogP contribution is 2.26. The van der Waals surface area contributed by atoms with E-state index in [0.29, 0.717) is 0 Å². The molecule has 52 heavy (non-hydrogen) atoms. The zero-order chi connectivity index (χ0) is 37.0. The predicted molar refractivity (Wildman–Crippen MR) is 193 cm³/mol. The lowest BCUT2D eigenvalue weighted by Crippen LogP contribution is -2.42. The second kappa shape index (κ2) is 20.2. The Kier molecular flexibility index (Phi) is 14.6. The first kappa shape index (κ1) is 37.5. The van der Waals surface area contributed by atoms with Gasteiger partial charge in [0.05, 0.1) is 34.7 Å². The third kappa shape index (κ3) is 13.3. The van der Waals surface area contributed by atoms with Gasteiger partial charge in [-0.25, -0.2) is 0 Å². The van der Waals surface area contributed by atoms with Crippen LogP contribution in [-0.4, -0.2) is 23.8 Å². The Balaban J connectivity index is 0.000000202. The van der Waals surface area contributed by atoms with E-state index in [1.54, 1.807) is 0 Å². The van der Waals surface area contributed by atoms with Crippen LogP contribution in [0.3, 0.4) is 0 Å². The molecule has 262 valence electrons. The van der Waals surface area contributed by atoms with Crippen molar-refractivity contribution in [2.24, 2.45) is 0 Å². The Hall–Kier alpha value is -7.34. The molecule has 2 aromatic heterocycles. The van der Waals surface area contributed by atoms with Crippen molar-refractivity contribution >= 4 is 57.9 Å². The fourth-order valence-electron chi connectivity index (χ4n) is 4.55. The van der Waals surface area contributed by atoms with E-state index in [2.05, 4.69) is 21.3 Å². The molecular formula is C40H36N6O6. The summed E-state index contributed by atoms with van der Waals surface area (Å²) in [6.45, 7) is 0.557. The van der Waals surface area contributed by atoms with Crippen LogP contribution in [0.1, 0.15) is 0 Å². The fourth-order valence-corrected chi connectivity index (χ4v) is 4.55. The summed E-state index contributed by atoms with van der Waals surface area (Å²) in [6.07, 6.45) is 7.48. The first-order chi connectivity index (χ1) is 25.3. The van der Waals surface area contributed by atoms with Gasteiger partial charge in [-0.05, 0) is 48.5 Å². The molecule has 0 aliphatic carbocycles. The van der Waals surface area contributed by atoms with E-state index < -0.39 is 11.9 Å². The lowest BCUT2D eigenvalue weighted by atomic mass is 10.2. The van der Waals surface area contributed by atoms with Crippen LogP contribution in [-0.2, 0) is 32.3 Å². The van der Waals surface area contributed by atoms with Crippen LogP contribution in [0.15, 0.2) is 170 Å². The molecule has 0 unspecified atom stereocenters. The molecule has 0 radical (unpaired) electrons. The number of pyridine rings is 2. The van der Waals surface area contributed by atoms with Gasteiger partial charge in [0, 0.05) is 35.6 Å². The van der Waals surface area contributed by atoms with Crippen LogP contribution in [0.2, 0.25) is 0 Å². The molecular weight excluding hydrogens is 660 g/mol. The summed E-state index contributed by atoms with van der Waals surface area (Å²) in [5, 5.41) is 30.4. The van der Waals surface area contributed by atoms with Gasteiger partial charge < -0.3 is 41.1 Å². The zero-order valence-electron chi connectivity index (χ0n) is 27.9. The standard InChI is InChI=1S/2C19H17N3O.C2H2O4/c2*23-19(15-22-13-7-2-8-14-22)21-18-12-6-5-11-17(18)20-16-9-3-1-4-10-16;3-1(4)2(5)6/h2*1-14,20H,15H2;(H,3,4)(H,5,6). The van der Waals surface area contributed by atoms with Crippen LogP contribution in [0.25, 0.3) is 0 Å². The number of carbonyl (C=O) groups is 4. The summed E-state index contributed by atoms with van der Waals surface area (Å²) >= 11 is 0. The number of hydrogen-bond donors (Lipinski definition) is 4. The van der Waals surface area contributed by atoms with Crippen molar-refractivity contribution in [1.82, 2.24) is 0 Å². The van der Waals surface area contributed by atoms with Crippen molar-refractivity contribution in [2.75, 3.05) is 21.3 Å². The molecule has 0 aliphatic rings. The number of para-hydroxylation sites is 6. The number of amides is 2. The van der Waals surface area contributed by atoms with Crippen molar-refractivity contribution in [3.8, 4) is 0 Å². The van der Waals surface area contributed by atoms with Gasteiger partial charge in [0.2, 0.25) is 13.1 Å². The number of rotatable bonds is 10. The smallest absolute Gasteiger partial charge is 0.290 e. The summed E-state index contributed by atoms with van der Waals surface area (Å²) in [6, 6.07) is 46.5. The second-order valence-electron chi connectivity index (χ2n) is 10.8. The Bertz CT molecular complexity index is 1880. The van der Waals surface area contributed by atoms with Crippen LogP contribution >= 0.6 is 0 Å². The lowest BCUT2D eigenvalue weighted by Gasteiger charge is -2.12. The van der Waals surface area contributed by atoms with Gasteiger partial charge in [-0.1, -0.05) is 72.8 Å². The topological polar surface area (TPSA) is 170 Å².